The van der Waals surface area contributed by atoms with E-state index in [9.17, 15) is 4.79 Å². The Labute approximate surface area is 159 Å². The van der Waals surface area contributed by atoms with Gasteiger partial charge in [-0.1, -0.05) is 28.1 Å². The standard InChI is InChI=1S/C17H12Br2N2O2S/c1-24-13-4-2-10(3-5-13)9-20-21-17(22)15-7-11-6-12(18)8-14(19)16(11)23-15/h2-9H,1H3,(H,21,22)/b20-9-. The van der Waals surface area contributed by atoms with Crippen LogP contribution < -0.4 is 5.43 Å². The van der Waals surface area contributed by atoms with E-state index < -0.39 is 5.91 Å². The third-order valence-corrected chi connectivity index (χ3v) is 5.05. The van der Waals surface area contributed by atoms with Gasteiger partial charge in [0.2, 0.25) is 0 Å². The lowest BCUT2D eigenvalue weighted by Crippen LogP contribution is -2.16. The first-order chi connectivity index (χ1) is 11.6. The van der Waals surface area contributed by atoms with Crippen LogP contribution >= 0.6 is 43.6 Å². The molecular formula is C17H12Br2N2O2S. The first-order valence-corrected chi connectivity index (χ1v) is 9.74. The van der Waals surface area contributed by atoms with Crippen LogP contribution in [-0.2, 0) is 0 Å². The molecule has 3 aromatic rings. The van der Waals surface area contributed by atoms with Gasteiger partial charge in [0.15, 0.2) is 5.76 Å². The molecule has 122 valence electrons. The van der Waals surface area contributed by atoms with Crippen LogP contribution in [0.15, 0.2) is 65.8 Å². The van der Waals surface area contributed by atoms with Crippen LogP contribution in [0.2, 0.25) is 0 Å². The minimum absolute atomic E-state index is 0.207. The van der Waals surface area contributed by atoms with Crippen molar-refractivity contribution in [3.63, 3.8) is 0 Å². The summed E-state index contributed by atoms with van der Waals surface area (Å²) in [4.78, 5) is 13.3. The number of rotatable bonds is 4. The molecule has 0 saturated carbocycles. The monoisotopic (exact) mass is 466 g/mol. The number of benzene rings is 2. The van der Waals surface area contributed by atoms with Crippen molar-refractivity contribution in [2.75, 3.05) is 6.26 Å². The molecule has 1 N–H and O–H groups in total. The molecule has 0 radical (unpaired) electrons. The number of amides is 1. The molecule has 0 spiro atoms. The van der Waals surface area contributed by atoms with Gasteiger partial charge in [0.1, 0.15) is 5.58 Å². The van der Waals surface area contributed by atoms with Gasteiger partial charge in [-0.25, -0.2) is 5.43 Å². The van der Waals surface area contributed by atoms with E-state index in [0.717, 1.165) is 19.9 Å². The molecule has 24 heavy (non-hydrogen) atoms. The van der Waals surface area contributed by atoms with Crippen LogP contribution in [0.4, 0.5) is 0 Å². The van der Waals surface area contributed by atoms with Crippen molar-refractivity contribution < 1.29 is 9.21 Å². The van der Waals surface area contributed by atoms with Crippen molar-refractivity contribution in [3.8, 4) is 0 Å². The molecule has 0 aliphatic carbocycles. The minimum atomic E-state index is -0.397. The van der Waals surface area contributed by atoms with Gasteiger partial charge < -0.3 is 4.42 Å². The summed E-state index contributed by atoms with van der Waals surface area (Å²) in [5.74, 6) is -0.190. The van der Waals surface area contributed by atoms with E-state index in [1.807, 2.05) is 42.7 Å². The van der Waals surface area contributed by atoms with E-state index in [1.165, 1.54) is 4.90 Å². The number of hydrogen-bond donors (Lipinski definition) is 1. The van der Waals surface area contributed by atoms with Crippen molar-refractivity contribution in [3.05, 3.63) is 62.7 Å². The summed E-state index contributed by atoms with van der Waals surface area (Å²) < 4.78 is 7.28. The number of halogens is 2. The highest BCUT2D eigenvalue weighted by Crippen LogP contribution is 2.30. The third kappa shape index (κ3) is 3.91. The number of carbonyl (C=O) groups excluding carboxylic acids is 1. The fourth-order valence-corrected chi connectivity index (χ4v) is 3.85. The van der Waals surface area contributed by atoms with Gasteiger partial charge in [0, 0.05) is 14.8 Å². The number of fused-ring (bicyclic) bond motifs is 1. The topological polar surface area (TPSA) is 54.6 Å². The Bertz CT molecular complexity index is 920. The van der Waals surface area contributed by atoms with E-state index in [1.54, 1.807) is 24.0 Å². The van der Waals surface area contributed by atoms with Gasteiger partial charge in [-0.15, -0.1) is 11.8 Å². The van der Waals surface area contributed by atoms with Gasteiger partial charge in [-0.3, -0.25) is 4.79 Å². The molecule has 0 aliphatic heterocycles. The molecule has 1 heterocycles. The first kappa shape index (κ1) is 17.3. The Kier molecular flexibility index (Phi) is 5.43. The highest BCUT2D eigenvalue weighted by molar-refractivity contribution is 9.11. The van der Waals surface area contributed by atoms with Gasteiger partial charge in [-0.2, -0.15) is 5.10 Å². The van der Waals surface area contributed by atoms with Crippen molar-refractivity contribution >= 4 is 66.7 Å². The molecule has 0 atom stereocenters. The maximum Gasteiger partial charge on any atom is 0.307 e. The zero-order valence-electron chi connectivity index (χ0n) is 12.5. The lowest BCUT2D eigenvalue weighted by molar-refractivity contribution is 0.0929. The lowest BCUT2D eigenvalue weighted by Gasteiger charge is -1.97. The lowest BCUT2D eigenvalue weighted by atomic mass is 10.2. The number of hydrazone groups is 1. The Morgan fingerprint density at radius 3 is 2.67 bits per heavy atom. The Morgan fingerprint density at radius 1 is 1.21 bits per heavy atom. The molecular weight excluding hydrogens is 456 g/mol. The number of thioether (sulfide) groups is 1. The Hall–Kier alpha value is -1.57. The van der Waals surface area contributed by atoms with E-state index in [2.05, 4.69) is 42.4 Å². The molecule has 7 heteroatoms. The molecule has 0 aliphatic rings. The van der Waals surface area contributed by atoms with Gasteiger partial charge in [0.25, 0.3) is 0 Å². The van der Waals surface area contributed by atoms with Crippen LogP contribution in [-0.4, -0.2) is 18.4 Å². The second-order valence-corrected chi connectivity index (χ2v) is 7.54. The summed E-state index contributed by atoms with van der Waals surface area (Å²) in [6, 6.07) is 13.3. The molecule has 2 aromatic carbocycles. The smallest absolute Gasteiger partial charge is 0.307 e. The third-order valence-electron chi connectivity index (χ3n) is 3.26. The van der Waals surface area contributed by atoms with Gasteiger partial charge in [-0.05, 0) is 58.1 Å². The summed E-state index contributed by atoms with van der Waals surface area (Å²) in [5, 5.41) is 4.80. The molecule has 0 saturated heterocycles. The van der Waals surface area contributed by atoms with Crippen molar-refractivity contribution in [1.29, 1.82) is 0 Å². The van der Waals surface area contributed by atoms with E-state index in [0.29, 0.717) is 5.58 Å². The average molecular weight is 468 g/mol. The summed E-state index contributed by atoms with van der Waals surface area (Å²) >= 11 is 8.50. The zero-order chi connectivity index (χ0) is 17.1. The quantitative estimate of drug-likeness (QED) is 0.315. The van der Waals surface area contributed by atoms with Crippen molar-refractivity contribution in [2.45, 2.75) is 4.90 Å². The zero-order valence-corrected chi connectivity index (χ0v) is 16.5. The SMILES string of the molecule is CSc1ccc(/C=N\NC(=O)c2cc3cc(Br)cc(Br)c3o2)cc1. The maximum atomic E-state index is 12.2. The fourth-order valence-electron chi connectivity index (χ4n) is 2.10. The molecule has 3 rings (SSSR count). The van der Waals surface area contributed by atoms with Crippen molar-refractivity contribution in [1.82, 2.24) is 5.43 Å². The average Bonchev–Trinajstić information content (AvgIpc) is 3.00. The number of furan rings is 1. The number of nitrogens with zero attached hydrogens (tertiary/aromatic N) is 1. The number of nitrogens with one attached hydrogen (secondary N) is 1. The van der Waals surface area contributed by atoms with Crippen LogP contribution in [0.25, 0.3) is 11.0 Å². The largest absolute Gasteiger partial charge is 0.450 e. The molecule has 1 aromatic heterocycles. The van der Waals surface area contributed by atoms with Crippen LogP contribution in [0.3, 0.4) is 0 Å². The van der Waals surface area contributed by atoms with Crippen LogP contribution in [0.5, 0.6) is 0 Å². The second-order valence-electron chi connectivity index (χ2n) is 4.89. The molecule has 4 nitrogen and oxygen atoms in total. The van der Waals surface area contributed by atoms with Crippen LogP contribution in [0, 0.1) is 0 Å². The van der Waals surface area contributed by atoms with E-state index in [4.69, 9.17) is 4.42 Å². The van der Waals surface area contributed by atoms with Gasteiger partial charge in [0.05, 0.1) is 10.7 Å². The molecule has 0 bridgehead atoms. The normalized spacial score (nSPS) is 11.3. The number of hydrogen-bond acceptors (Lipinski definition) is 4. The van der Waals surface area contributed by atoms with Gasteiger partial charge >= 0.3 is 5.91 Å². The van der Waals surface area contributed by atoms with Crippen LogP contribution in [0.1, 0.15) is 16.1 Å². The van der Waals surface area contributed by atoms with E-state index in [-0.39, 0.29) is 5.76 Å². The Balaban J connectivity index is 1.72. The fraction of sp³-hybridized carbons (Fsp3) is 0.0588. The summed E-state index contributed by atoms with van der Waals surface area (Å²) in [6.07, 6.45) is 3.62. The Morgan fingerprint density at radius 2 is 1.96 bits per heavy atom. The second kappa shape index (κ2) is 7.55. The van der Waals surface area contributed by atoms with E-state index >= 15 is 0 Å². The summed E-state index contributed by atoms with van der Waals surface area (Å²) in [6.45, 7) is 0. The highest BCUT2D eigenvalue weighted by Gasteiger charge is 2.14. The molecule has 0 unspecified atom stereocenters. The molecule has 0 fully saturated rings. The summed E-state index contributed by atoms with van der Waals surface area (Å²) in [5.41, 5.74) is 4.01. The summed E-state index contributed by atoms with van der Waals surface area (Å²) in [7, 11) is 0. The first-order valence-electron chi connectivity index (χ1n) is 6.93. The molecule has 1 amide bonds. The predicted octanol–water partition coefficient (Wildman–Crippen LogP) is 5.44. The minimum Gasteiger partial charge on any atom is -0.450 e. The van der Waals surface area contributed by atoms with Crippen molar-refractivity contribution in [2.24, 2.45) is 5.10 Å². The number of carbonyl (C=O) groups is 1. The highest BCUT2D eigenvalue weighted by atomic mass is 79.9. The predicted molar refractivity (Wildman–Crippen MR) is 105 cm³/mol. The maximum absolute atomic E-state index is 12.2.